The van der Waals surface area contributed by atoms with Crippen LogP contribution in [-0.2, 0) is 0 Å². The van der Waals surface area contributed by atoms with Crippen molar-refractivity contribution in [2.45, 2.75) is 26.7 Å². The Hall–Kier alpha value is 0.290. The first-order chi connectivity index (χ1) is 3.62. The van der Waals surface area contributed by atoms with E-state index in [1.54, 1.807) is 0 Å². The summed E-state index contributed by atoms with van der Waals surface area (Å²) < 4.78 is 0. The predicted octanol–water partition coefficient (Wildman–Crippen LogP) is 2.87. The minimum absolute atomic E-state index is 0.295. The first kappa shape index (κ1) is 8.29. The zero-order chi connectivity index (χ0) is 6.62. The van der Waals surface area contributed by atoms with Gasteiger partial charge in [-0.3, -0.25) is 0 Å². The van der Waals surface area contributed by atoms with Gasteiger partial charge in [-0.25, -0.2) is 0 Å². The largest absolute Gasteiger partial charge is 0.126 e. The molecule has 0 amide bonds. The number of hydrogen-bond donors (Lipinski definition) is 0. The van der Waals surface area contributed by atoms with Gasteiger partial charge in [0.1, 0.15) is 0 Å². The molecule has 0 aliphatic heterocycles. The van der Waals surface area contributed by atoms with Crippen molar-refractivity contribution in [1.29, 1.82) is 0 Å². The molecule has 0 bridgehead atoms. The average molecular weight is 134 g/mol. The van der Waals surface area contributed by atoms with E-state index < -0.39 is 0 Å². The van der Waals surface area contributed by atoms with Crippen molar-refractivity contribution >= 4 is 11.6 Å². The Morgan fingerprint density at radius 3 is 2.12 bits per heavy atom. The topological polar surface area (TPSA) is 0 Å². The molecule has 0 aliphatic carbocycles. The monoisotopic (exact) mass is 133 g/mol. The van der Waals surface area contributed by atoms with Crippen LogP contribution in [0, 0.1) is 12.3 Å². The van der Waals surface area contributed by atoms with Crippen LogP contribution < -0.4 is 0 Å². The summed E-state index contributed by atoms with van der Waals surface area (Å²) >= 11 is 5.64. The Labute approximate surface area is 57.2 Å². The summed E-state index contributed by atoms with van der Waals surface area (Å²) in [5, 5.41) is 0. The van der Waals surface area contributed by atoms with E-state index in [0.29, 0.717) is 5.41 Å². The lowest BCUT2D eigenvalue weighted by Gasteiger charge is -2.19. The summed E-state index contributed by atoms with van der Waals surface area (Å²) in [4.78, 5) is 0. The molecule has 49 valence electrons. The number of rotatable bonds is 3. The molecule has 0 heterocycles. The fraction of sp³-hybridized carbons (Fsp3) is 0.857. The molecule has 0 nitrogen and oxygen atoms in total. The standard InChI is InChI=1S/C7H14Cl/c1-4-5-7(2,3)6-8/h1,4-6H2,2-3H3. The van der Waals surface area contributed by atoms with Crippen LogP contribution in [0.1, 0.15) is 26.7 Å². The Morgan fingerprint density at radius 1 is 1.50 bits per heavy atom. The molecule has 0 N–H and O–H groups in total. The third-order valence-corrected chi connectivity index (χ3v) is 1.94. The highest BCUT2D eigenvalue weighted by Gasteiger charge is 2.13. The van der Waals surface area contributed by atoms with Gasteiger partial charge in [-0.15, -0.1) is 11.6 Å². The highest BCUT2D eigenvalue weighted by atomic mass is 35.5. The summed E-state index contributed by atoms with van der Waals surface area (Å²) in [6.07, 6.45) is 2.11. The molecule has 1 radical (unpaired) electrons. The minimum atomic E-state index is 0.295. The van der Waals surface area contributed by atoms with Crippen LogP contribution in [0.4, 0.5) is 0 Å². The first-order valence-electron chi connectivity index (χ1n) is 2.97. The molecule has 0 unspecified atom stereocenters. The Balaban J connectivity index is 3.37. The molecule has 0 saturated heterocycles. The van der Waals surface area contributed by atoms with Crippen molar-refractivity contribution in [3.63, 3.8) is 0 Å². The van der Waals surface area contributed by atoms with E-state index in [1.807, 2.05) is 0 Å². The molecule has 0 fully saturated rings. The molecule has 0 spiro atoms. The lowest BCUT2D eigenvalue weighted by Crippen LogP contribution is -2.11. The van der Waals surface area contributed by atoms with Gasteiger partial charge >= 0.3 is 0 Å². The van der Waals surface area contributed by atoms with Crippen molar-refractivity contribution in [3.8, 4) is 0 Å². The second-order valence-electron chi connectivity index (χ2n) is 2.90. The second-order valence-corrected chi connectivity index (χ2v) is 3.17. The van der Waals surface area contributed by atoms with Gasteiger partial charge in [0, 0.05) is 5.88 Å². The van der Waals surface area contributed by atoms with Crippen LogP contribution in [0.15, 0.2) is 0 Å². The zero-order valence-corrected chi connectivity index (χ0v) is 6.46. The van der Waals surface area contributed by atoms with Crippen LogP contribution in [0.2, 0.25) is 0 Å². The van der Waals surface area contributed by atoms with E-state index in [1.165, 1.54) is 0 Å². The van der Waals surface area contributed by atoms with Crippen molar-refractivity contribution in [2.75, 3.05) is 5.88 Å². The minimum Gasteiger partial charge on any atom is -0.126 e. The summed E-state index contributed by atoms with van der Waals surface area (Å²) in [6.45, 7) is 8.08. The summed E-state index contributed by atoms with van der Waals surface area (Å²) in [5.74, 6) is 0.739. The summed E-state index contributed by atoms with van der Waals surface area (Å²) in [7, 11) is 0. The molecule has 0 aromatic heterocycles. The molecular formula is C7H14Cl. The Morgan fingerprint density at radius 2 is 2.00 bits per heavy atom. The van der Waals surface area contributed by atoms with E-state index in [4.69, 9.17) is 11.6 Å². The molecule has 0 rings (SSSR count). The third kappa shape index (κ3) is 3.31. The molecule has 0 atom stereocenters. The van der Waals surface area contributed by atoms with E-state index >= 15 is 0 Å². The fourth-order valence-corrected chi connectivity index (χ4v) is 0.679. The molecule has 0 aromatic carbocycles. The van der Waals surface area contributed by atoms with Gasteiger partial charge in [0.25, 0.3) is 0 Å². The number of alkyl halides is 1. The SMILES string of the molecule is [CH2]CCC(C)(C)CCl. The second kappa shape index (κ2) is 3.34. The molecular weight excluding hydrogens is 120 g/mol. The maximum Gasteiger partial charge on any atom is 0.0274 e. The van der Waals surface area contributed by atoms with Gasteiger partial charge in [-0.1, -0.05) is 27.2 Å². The lowest BCUT2D eigenvalue weighted by atomic mass is 9.91. The van der Waals surface area contributed by atoms with Crippen LogP contribution in [0.5, 0.6) is 0 Å². The number of halogens is 1. The smallest absolute Gasteiger partial charge is 0.0274 e. The zero-order valence-electron chi connectivity index (χ0n) is 5.71. The lowest BCUT2D eigenvalue weighted by molar-refractivity contribution is 0.387. The van der Waals surface area contributed by atoms with Gasteiger partial charge in [0.15, 0.2) is 0 Å². The Bertz CT molecular complexity index is 57.4. The highest BCUT2D eigenvalue weighted by molar-refractivity contribution is 6.18. The maximum atomic E-state index is 5.64. The summed E-state index contributed by atoms with van der Waals surface area (Å²) in [6, 6.07) is 0. The van der Waals surface area contributed by atoms with Crippen molar-refractivity contribution in [1.82, 2.24) is 0 Å². The van der Waals surface area contributed by atoms with Crippen LogP contribution in [0.25, 0.3) is 0 Å². The van der Waals surface area contributed by atoms with E-state index in [2.05, 4.69) is 20.8 Å². The molecule has 0 aliphatic rings. The van der Waals surface area contributed by atoms with Gasteiger partial charge < -0.3 is 0 Å². The third-order valence-electron chi connectivity index (χ3n) is 1.22. The van der Waals surface area contributed by atoms with Crippen LogP contribution in [-0.4, -0.2) is 5.88 Å². The van der Waals surface area contributed by atoms with Gasteiger partial charge in [-0.2, -0.15) is 0 Å². The van der Waals surface area contributed by atoms with E-state index in [-0.39, 0.29) is 0 Å². The van der Waals surface area contributed by atoms with Crippen molar-refractivity contribution < 1.29 is 0 Å². The van der Waals surface area contributed by atoms with Crippen LogP contribution >= 0.6 is 11.6 Å². The normalized spacial score (nSPS) is 12.0. The predicted molar refractivity (Wildman–Crippen MR) is 39.1 cm³/mol. The molecule has 1 heteroatoms. The van der Waals surface area contributed by atoms with Gasteiger partial charge in [0.2, 0.25) is 0 Å². The first-order valence-corrected chi connectivity index (χ1v) is 3.51. The maximum absolute atomic E-state index is 5.64. The molecule has 0 aromatic rings. The Kier molecular flexibility index (Phi) is 3.46. The van der Waals surface area contributed by atoms with Gasteiger partial charge in [-0.05, 0) is 11.8 Å². The van der Waals surface area contributed by atoms with E-state index in [9.17, 15) is 0 Å². The quantitative estimate of drug-likeness (QED) is 0.520. The molecule has 8 heavy (non-hydrogen) atoms. The van der Waals surface area contributed by atoms with E-state index in [0.717, 1.165) is 18.7 Å². The molecule has 0 saturated carbocycles. The number of hydrogen-bond acceptors (Lipinski definition) is 0. The van der Waals surface area contributed by atoms with Crippen molar-refractivity contribution in [2.24, 2.45) is 5.41 Å². The van der Waals surface area contributed by atoms with Gasteiger partial charge in [0.05, 0.1) is 0 Å². The average Bonchev–Trinajstić information content (AvgIpc) is 1.67. The van der Waals surface area contributed by atoms with Crippen molar-refractivity contribution in [3.05, 3.63) is 6.92 Å². The van der Waals surface area contributed by atoms with Crippen LogP contribution in [0.3, 0.4) is 0 Å². The highest BCUT2D eigenvalue weighted by Crippen LogP contribution is 2.22. The fourth-order valence-electron chi connectivity index (χ4n) is 0.545. The summed E-state index contributed by atoms with van der Waals surface area (Å²) in [5.41, 5.74) is 0.295.